The second-order valence-corrected chi connectivity index (χ2v) is 4.94. The average Bonchev–Trinajstić information content (AvgIpc) is 2.30. The van der Waals surface area contributed by atoms with Crippen molar-refractivity contribution < 1.29 is 0 Å². The van der Waals surface area contributed by atoms with Crippen LogP contribution in [0.2, 0.25) is 0 Å². The third-order valence-corrected chi connectivity index (χ3v) is 3.37. The minimum absolute atomic E-state index is 0.101. The molecule has 0 heterocycles. The lowest BCUT2D eigenvalue weighted by molar-refractivity contribution is 0.515. The first-order valence-corrected chi connectivity index (χ1v) is 6.26. The van der Waals surface area contributed by atoms with Gasteiger partial charge in [0.05, 0.1) is 12.0 Å². The Kier molecular flexibility index (Phi) is 4.72. The molecule has 1 aromatic rings. The van der Waals surface area contributed by atoms with Crippen LogP contribution in [0.15, 0.2) is 18.2 Å². The van der Waals surface area contributed by atoms with Gasteiger partial charge in [-0.25, -0.2) is 0 Å². The first-order valence-electron chi connectivity index (χ1n) is 6.26. The summed E-state index contributed by atoms with van der Waals surface area (Å²) < 4.78 is 0. The van der Waals surface area contributed by atoms with Crippen molar-refractivity contribution >= 4 is 0 Å². The van der Waals surface area contributed by atoms with Crippen molar-refractivity contribution in [1.29, 1.82) is 5.26 Å². The Hall–Kier alpha value is -1.33. The molecule has 0 aliphatic carbocycles. The summed E-state index contributed by atoms with van der Waals surface area (Å²) in [6, 6.07) is 8.53. The highest BCUT2D eigenvalue weighted by Crippen LogP contribution is 2.27. The van der Waals surface area contributed by atoms with Gasteiger partial charge in [-0.2, -0.15) is 5.26 Å². The van der Waals surface area contributed by atoms with Gasteiger partial charge in [-0.15, -0.1) is 0 Å². The van der Waals surface area contributed by atoms with Crippen LogP contribution in [-0.4, -0.2) is 0 Å². The molecule has 2 atom stereocenters. The topological polar surface area (TPSA) is 49.8 Å². The molecule has 1 aromatic carbocycles. The van der Waals surface area contributed by atoms with Crippen molar-refractivity contribution in [1.82, 2.24) is 0 Å². The third kappa shape index (κ3) is 3.08. The zero-order valence-corrected chi connectivity index (χ0v) is 11.2. The van der Waals surface area contributed by atoms with Crippen LogP contribution in [0.4, 0.5) is 0 Å². The van der Waals surface area contributed by atoms with Crippen LogP contribution in [0.25, 0.3) is 0 Å². The summed E-state index contributed by atoms with van der Waals surface area (Å²) >= 11 is 0. The molecule has 0 fully saturated rings. The van der Waals surface area contributed by atoms with Gasteiger partial charge in [0, 0.05) is 6.04 Å². The van der Waals surface area contributed by atoms with Gasteiger partial charge in [-0.05, 0) is 36.0 Å². The summed E-state index contributed by atoms with van der Waals surface area (Å²) in [7, 11) is 0. The van der Waals surface area contributed by atoms with E-state index in [9.17, 15) is 0 Å². The molecular formula is C15H22N2. The zero-order valence-electron chi connectivity index (χ0n) is 11.2. The quantitative estimate of drug-likeness (QED) is 0.858. The Labute approximate surface area is 104 Å². The summed E-state index contributed by atoms with van der Waals surface area (Å²) in [4.78, 5) is 0. The van der Waals surface area contributed by atoms with Crippen molar-refractivity contribution in [3.05, 3.63) is 34.9 Å². The highest BCUT2D eigenvalue weighted by Gasteiger charge is 2.19. The maximum Gasteiger partial charge on any atom is 0.0675 e. The fourth-order valence-corrected chi connectivity index (χ4v) is 2.02. The molecule has 1 rings (SSSR count). The molecular weight excluding hydrogens is 208 g/mol. The monoisotopic (exact) mass is 230 g/mol. The Morgan fingerprint density at radius 2 is 2.00 bits per heavy atom. The van der Waals surface area contributed by atoms with E-state index in [0.717, 1.165) is 12.0 Å². The fraction of sp³-hybridized carbons (Fsp3) is 0.533. The van der Waals surface area contributed by atoms with E-state index >= 15 is 0 Å². The predicted molar refractivity (Wildman–Crippen MR) is 71.6 cm³/mol. The fourth-order valence-electron chi connectivity index (χ4n) is 2.02. The molecule has 0 spiro atoms. The number of rotatable bonds is 4. The second-order valence-electron chi connectivity index (χ2n) is 4.94. The highest BCUT2D eigenvalue weighted by atomic mass is 14.7. The number of nitrogens with two attached hydrogens (primary N) is 1. The van der Waals surface area contributed by atoms with Crippen LogP contribution < -0.4 is 5.73 Å². The predicted octanol–water partition coefficient (Wildman–Crippen LogP) is 3.67. The molecule has 0 aromatic heterocycles. The maximum atomic E-state index is 9.10. The Bertz CT molecular complexity index is 415. The second kappa shape index (κ2) is 5.84. The average molecular weight is 230 g/mol. The van der Waals surface area contributed by atoms with E-state index in [-0.39, 0.29) is 12.0 Å². The Morgan fingerprint density at radius 3 is 2.47 bits per heavy atom. The largest absolute Gasteiger partial charge is 0.323 e. The van der Waals surface area contributed by atoms with E-state index in [4.69, 9.17) is 11.0 Å². The number of nitriles is 1. The summed E-state index contributed by atoms with van der Waals surface area (Å²) in [5.41, 5.74) is 9.79. The van der Waals surface area contributed by atoms with Crippen LogP contribution >= 0.6 is 0 Å². The van der Waals surface area contributed by atoms with E-state index in [0.29, 0.717) is 5.92 Å². The number of aryl methyl sites for hydroxylation is 1. The van der Waals surface area contributed by atoms with Crippen LogP contribution in [-0.2, 0) is 0 Å². The zero-order chi connectivity index (χ0) is 13.0. The van der Waals surface area contributed by atoms with Gasteiger partial charge in [-0.1, -0.05) is 39.0 Å². The standard InChI is InChI=1S/C15H22N2/c1-5-12(9-16)15(17)14-8-13(10(2)3)7-6-11(14)4/h6-8,10,12,15H,5,17H2,1-4H3. The lowest BCUT2D eigenvalue weighted by atomic mass is 9.87. The van der Waals surface area contributed by atoms with Crippen LogP contribution in [0, 0.1) is 24.2 Å². The third-order valence-electron chi connectivity index (χ3n) is 3.37. The van der Waals surface area contributed by atoms with Crippen molar-refractivity contribution in [3.63, 3.8) is 0 Å². The number of hydrogen-bond acceptors (Lipinski definition) is 2. The lowest BCUT2D eigenvalue weighted by Gasteiger charge is -2.20. The first kappa shape index (κ1) is 13.7. The van der Waals surface area contributed by atoms with Gasteiger partial charge >= 0.3 is 0 Å². The van der Waals surface area contributed by atoms with Gasteiger partial charge in [0.2, 0.25) is 0 Å². The van der Waals surface area contributed by atoms with Crippen molar-refractivity contribution in [2.45, 2.75) is 46.1 Å². The Balaban J connectivity index is 3.12. The van der Waals surface area contributed by atoms with E-state index in [1.165, 1.54) is 11.1 Å². The molecule has 92 valence electrons. The molecule has 17 heavy (non-hydrogen) atoms. The molecule has 2 unspecified atom stereocenters. The van der Waals surface area contributed by atoms with Crippen molar-refractivity contribution in [2.75, 3.05) is 0 Å². The minimum Gasteiger partial charge on any atom is -0.323 e. The molecule has 0 saturated heterocycles. The molecule has 2 heteroatoms. The molecule has 0 amide bonds. The SMILES string of the molecule is CCC(C#N)C(N)c1cc(C(C)C)ccc1C. The number of nitrogens with zero attached hydrogens (tertiary/aromatic N) is 1. The van der Waals surface area contributed by atoms with Crippen molar-refractivity contribution in [2.24, 2.45) is 11.7 Å². The van der Waals surface area contributed by atoms with Gasteiger partial charge in [0.1, 0.15) is 0 Å². The van der Waals surface area contributed by atoms with E-state index in [1.54, 1.807) is 0 Å². The number of benzene rings is 1. The van der Waals surface area contributed by atoms with Gasteiger partial charge in [-0.3, -0.25) is 0 Å². The highest BCUT2D eigenvalue weighted by molar-refractivity contribution is 5.35. The molecule has 0 aliphatic heterocycles. The molecule has 2 nitrogen and oxygen atoms in total. The number of hydrogen-bond donors (Lipinski definition) is 1. The van der Waals surface area contributed by atoms with E-state index < -0.39 is 0 Å². The summed E-state index contributed by atoms with van der Waals surface area (Å²) in [6.07, 6.45) is 0.795. The van der Waals surface area contributed by atoms with E-state index in [1.807, 2.05) is 6.92 Å². The van der Waals surface area contributed by atoms with Gasteiger partial charge < -0.3 is 5.73 Å². The summed E-state index contributed by atoms with van der Waals surface area (Å²) in [6.45, 7) is 8.40. The smallest absolute Gasteiger partial charge is 0.0675 e. The summed E-state index contributed by atoms with van der Waals surface area (Å²) in [5.74, 6) is 0.389. The first-order chi connectivity index (χ1) is 8.01. The van der Waals surface area contributed by atoms with Crippen molar-refractivity contribution in [3.8, 4) is 6.07 Å². The molecule has 0 saturated carbocycles. The molecule has 0 aliphatic rings. The maximum absolute atomic E-state index is 9.10. The minimum atomic E-state index is -0.177. The van der Waals surface area contributed by atoms with E-state index in [2.05, 4.69) is 45.0 Å². The molecule has 0 radical (unpaired) electrons. The van der Waals surface area contributed by atoms with Crippen LogP contribution in [0.3, 0.4) is 0 Å². The summed E-state index contributed by atoms with van der Waals surface area (Å²) in [5, 5.41) is 9.10. The normalized spacial score (nSPS) is 14.4. The van der Waals surface area contributed by atoms with Crippen LogP contribution in [0.5, 0.6) is 0 Å². The molecule has 0 bridgehead atoms. The molecule has 2 N–H and O–H groups in total. The Morgan fingerprint density at radius 1 is 1.35 bits per heavy atom. The lowest BCUT2D eigenvalue weighted by Crippen LogP contribution is -2.21. The van der Waals surface area contributed by atoms with Gasteiger partial charge in [0.15, 0.2) is 0 Å². The van der Waals surface area contributed by atoms with Gasteiger partial charge in [0.25, 0.3) is 0 Å². The van der Waals surface area contributed by atoms with Crippen LogP contribution in [0.1, 0.15) is 55.8 Å².